The first kappa shape index (κ1) is 54.9. The van der Waals surface area contributed by atoms with Crippen LogP contribution in [0, 0.1) is 0 Å². The van der Waals surface area contributed by atoms with Gasteiger partial charge in [-0.25, -0.2) is 0 Å². The summed E-state index contributed by atoms with van der Waals surface area (Å²) >= 11 is 0. The van der Waals surface area contributed by atoms with E-state index in [2.05, 4.69) is 382 Å². The molecule has 0 N–H and O–H groups in total. The van der Waals surface area contributed by atoms with Gasteiger partial charge in [-0.1, -0.05) is 249 Å². The summed E-state index contributed by atoms with van der Waals surface area (Å²) in [6.45, 7) is 0. The third-order valence-electron chi connectivity index (χ3n) is 19.8. The van der Waals surface area contributed by atoms with Crippen molar-refractivity contribution in [3.63, 3.8) is 0 Å². The van der Waals surface area contributed by atoms with Gasteiger partial charge in [0.1, 0.15) is 0 Å². The third kappa shape index (κ3) is 8.99. The molecule has 4 nitrogen and oxygen atoms in total. The van der Waals surface area contributed by atoms with E-state index in [4.69, 9.17) is 0 Å². The van der Waals surface area contributed by atoms with E-state index < -0.39 is 0 Å². The van der Waals surface area contributed by atoms with Gasteiger partial charge in [-0.15, -0.1) is 0 Å². The Morgan fingerprint density at radius 3 is 0.885 bits per heavy atom. The average molecular weight is 1220 g/mol. The molecule has 0 atom stereocenters. The molecule has 0 saturated carbocycles. The van der Waals surface area contributed by atoms with Crippen molar-refractivity contribution in [2.75, 3.05) is 0 Å². The topological polar surface area (TPSA) is 19.7 Å². The van der Waals surface area contributed by atoms with E-state index in [1.807, 2.05) is 0 Å². The highest BCUT2D eigenvalue weighted by atomic mass is 15.0. The second kappa shape index (κ2) is 22.5. The highest BCUT2D eigenvalue weighted by Gasteiger charge is 2.20. The van der Waals surface area contributed by atoms with Crippen LogP contribution < -0.4 is 0 Å². The van der Waals surface area contributed by atoms with Crippen LogP contribution in [0.4, 0.5) is 0 Å². The Labute approximate surface area is 554 Å². The zero-order chi connectivity index (χ0) is 63.2. The molecule has 448 valence electrons. The first-order valence-electron chi connectivity index (χ1n) is 33.1. The molecule has 0 spiro atoms. The Bertz CT molecular complexity index is 6390. The second-order valence-corrected chi connectivity index (χ2v) is 25.2. The van der Waals surface area contributed by atoms with E-state index in [1.54, 1.807) is 0 Å². The van der Waals surface area contributed by atoms with Gasteiger partial charge in [-0.05, 0) is 181 Å². The second-order valence-electron chi connectivity index (χ2n) is 25.2. The first-order valence-corrected chi connectivity index (χ1v) is 33.1. The summed E-state index contributed by atoms with van der Waals surface area (Å²) in [4.78, 5) is 0. The summed E-state index contributed by atoms with van der Waals surface area (Å²) in [6, 6.07) is 132. The van der Waals surface area contributed by atoms with Crippen LogP contribution in [-0.2, 0) is 0 Å². The zero-order valence-corrected chi connectivity index (χ0v) is 52.4. The van der Waals surface area contributed by atoms with Crippen LogP contribution in [0.3, 0.4) is 0 Å². The van der Waals surface area contributed by atoms with E-state index in [0.717, 1.165) is 11.4 Å². The molecule has 0 aliphatic carbocycles. The molecular formula is C92H60N4. The molecule has 16 aromatic carbocycles. The minimum atomic E-state index is 1.16. The molecule has 0 fully saturated rings. The maximum atomic E-state index is 2.41. The van der Waals surface area contributed by atoms with Crippen molar-refractivity contribution in [3.8, 4) is 67.3 Å². The molecule has 0 aliphatic heterocycles. The lowest BCUT2D eigenvalue weighted by Gasteiger charge is -2.11. The lowest BCUT2D eigenvalue weighted by Crippen LogP contribution is -1.94. The Kier molecular flexibility index (Phi) is 12.9. The molecule has 4 heterocycles. The normalized spacial score (nSPS) is 11.8. The van der Waals surface area contributed by atoms with Crippen LogP contribution in [0.15, 0.2) is 364 Å². The SMILES string of the molecule is c1ccc(-c2ccc(-n3c4ccccc4c4cc(-c5ccc6c(ccc7c6c6ccccc6n7-c6ccccc6)c5)ccc43)cc2)cc1.c1ccc(-c2ccc(-n3c4ccccc4c4ccc(-c5ccc6c(ccc7c6c6ccccc6n7-c6ccccc6)c5)cc43)cc2)cc1. The van der Waals surface area contributed by atoms with Crippen LogP contribution >= 0.6 is 0 Å². The summed E-state index contributed by atoms with van der Waals surface area (Å²) in [6.07, 6.45) is 0. The highest BCUT2D eigenvalue weighted by Crippen LogP contribution is 2.43. The van der Waals surface area contributed by atoms with E-state index in [1.165, 1.54) is 165 Å². The van der Waals surface area contributed by atoms with Crippen LogP contribution in [0.25, 0.3) is 176 Å². The minimum absolute atomic E-state index is 1.16. The van der Waals surface area contributed by atoms with E-state index in [0.29, 0.717) is 0 Å². The number of hydrogen-bond donors (Lipinski definition) is 0. The first-order chi connectivity index (χ1) is 47.6. The van der Waals surface area contributed by atoms with Crippen molar-refractivity contribution in [2.24, 2.45) is 0 Å². The van der Waals surface area contributed by atoms with Crippen molar-refractivity contribution in [1.82, 2.24) is 18.3 Å². The molecule has 96 heavy (non-hydrogen) atoms. The van der Waals surface area contributed by atoms with Crippen molar-refractivity contribution in [1.29, 1.82) is 0 Å². The number of rotatable bonds is 8. The summed E-state index contributed by atoms with van der Waals surface area (Å²) in [5.74, 6) is 0. The Morgan fingerprint density at radius 1 is 0.135 bits per heavy atom. The van der Waals surface area contributed by atoms with Gasteiger partial charge in [0.25, 0.3) is 0 Å². The van der Waals surface area contributed by atoms with Crippen LogP contribution in [0.1, 0.15) is 0 Å². The summed E-state index contributed by atoms with van der Waals surface area (Å²) in [5, 5.41) is 15.2. The Balaban J connectivity index is 0.000000135. The van der Waals surface area contributed by atoms with Crippen molar-refractivity contribution in [2.45, 2.75) is 0 Å². The molecule has 4 aromatic heterocycles. The third-order valence-corrected chi connectivity index (χ3v) is 19.8. The quantitative estimate of drug-likeness (QED) is 0.144. The predicted octanol–water partition coefficient (Wildman–Crippen LogP) is 24.7. The van der Waals surface area contributed by atoms with Gasteiger partial charge in [-0.2, -0.15) is 0 Å². The van der Waals surface area contributed by atoms with Gasteiger partial charge in [0.05, 0.1) is 44.1 Å². The van der Waals surface area contributed by atoms with Gasteiger partial charge in [-0.3, -0.25) is 0 Å². The number of fused-ring (bicyclic) bond motifs is 16. The smallest absolute Gasteiger partial charge is 0.0547 e. The van der Waals surface area contributed by atoms with Crippen LogP contribution in [0.5, 0.6) is 0 Å². The molecule has 0 unspecified atom stereocenters. The number of hydrogen-bond acceptors (Lipinski definition) is 0. The maximum absolute atomic E-state index is 2.41. The minimum Gasteiger partial charge on any atom is -0.309 e. The fourth-order valence-electron chi connectivity index (χ4n) is 15.4. The molecule has 20 aromatic rings. The summed E-state index contributed by atoms with van der Waals surface area (Å²) in [7, 11) is 0. The molecule has 0 aliphatic rings. The lowest BCUT2D eigenvalue weighted by molar-refractivity contribution is 1.18. The number of para-hydroxylation sites is 6. The molecule has 0 saturated heterocycles. The molecule has 0 amide bonds. The molecule has 20 rings (SSSR count). The molecule has 0 bridgehead atoms. The molecular weight excluding hydrogens is 1160 g/mol. The summed E-state index contributed by atoms with van der Waals surface area (Å²) < 4.78 is 9.57. The van der Waals surface area contributed by atoms with Crippen molar-refractivity contribution < 1.29 is 0 Å². The number of benzene rings is 16. The van der Waals surface area contributed by atoms with E-state index >= 15 is 0 Å². The standard InChI is InChI=1S/2C46H30N2/c1-3-11-31(12-4-1)32-19-24-37(25-20-32)48-42-17-9-7-15-39(42)40-27-22-34(30-45(40)48)33-21-26-38-35(29-33)23-28-44-46(38)41-16-8-10-18-43(41)47(44)36-13-5-2-6-14-36;1-3-11-31(12-4-1)32-19-24-37(25-20-32)47-42-17-9-7-15-39(42)41-30-34(22-27-44(41)47)33-21-26-38-35(29-33)23-28-45-46(38)40-16-8-10-18-43(40)48(45)36-13-5-2-6-14-36/h2*1-30H. The maximum Gasteiger partial charge on any atom is 0.0547 e. The predicted molar refractivity (Wildman–Crippen MR) is 407 cm³/mol. The average Bonchev–Trinajstić information content (AvgIpc) is 1.59. The van der Waals surface area contributed by atoms with Gasteiger partial charge in [0, 0.05) is 65.8 Å². The summed E-state index contributed by atoms with van der Waals surface area (Å²) in [5.41, 5.74) is 24.2. The van der Waals surface area contributed by atoms with Crippen LogP contribution in [0.2, 0.25) is 0 Å². The molecule has 0 radical (unpaired) electrons. The van der Waals surface area contributed by atoms with Gasteiger partial charge in [0.15, 0.2) is 0 Å². The Hall–Kier alpha value is -12.8. The molecule has 4 heteroatoms. The Morgan fingerprint density at radius 2 is 0.417 bits per heavy atom. The fourth-order valence-corrected chi connectivity index (χ4v) is 15.4. The monoisotopic (exact) mass is 1220 g/mol. The zero-order valence-electron chi connectivity index (χ0n) is 52.4. The lowest BCUT2D eigenvalue weighted by atomic mass is 9.97. The largest absolute Gasteiger partial charge is 0.309 e. The highest BCUT2D eigenvalue weighted by molar-refractivity contribution is 6.23. The van der Waals surface area contributed by atoms with Crippen molar-refractivity contribution >= 4 is 109 Å². The van der Waals surface area contributed by atoms with E-state index in [9.17, 15) is 0 Å². The van der Waals surface area contributed by atoms with Crippen molar-refractivity contribution in [3.05, 3.63) is 364 Å². The van der Waals surface area contributed by atoms with Gasteiger partial charge < -0.3 is 18.3 Å². The fraction of sp³-hybridized carbons (Fsp3) is 0. The van der Waals surface area contributed by atoms with Crippen LogP contribution in [-0.4, -0.2) is 18.3 Å². The van der Waals surface area contributed by atoms with E-state index in [-0.39, 0.29) is 0 Å². The number of nitrogens with zero attached hydrogens (tertiary/aromatic N) is 4. The van der Waals surface area contributed by atoms with Gasteiger partial charge in [0.2, 0.25) is 0 Å². The van der Waals surface area contributed by atoms with Gasteiger partial charge >= 0.3 is 0 Å². The number of aromatic nitrogens is 4.